The van der Waals surface area contributed by atoms with Gasteiger partial charge in [0.05, 0.1) is 0 Å². The second-order valence-electron chi connectivity index (χ2n) is 3.11. The number of benzene rings is 2. The van der Waals surface area contributed by atoms with E-state index in [2.05, 4.69) is 68.5 Å². The fourth-order valence-corrected chi connectivity index (χ4v) is 1.90. The molecule has 1 heteroatoms. The monoisotopic (exact) mass is 214 g/mol. The summed E-state index contributed by atoms with van der Waals surface area (Å²) in [5.41, 5.74) is 2.58. The van der Waals surface area contributed by atoms with Gasteiger partial charge >= 0.3 is 95.6 Å². The van der Waals surface area contributed by atoms with E-state index in [1.165, 1.54) is 14.9 Å². The summed E-state index contributed by atoms with van der Waals surface area (Å²) in [4.78, 5) is 0. The van der Waals surface area contributed by atoms with Gasteiger partial charge < -0.3 is 0 Å². The Bertz CT molecular complexity index is 376. The van der Waals surface area contributed by atoms with Gasteiger partial charge in [0.1, 0.15) is 0 Å². The molecule has 0 nitrogen and oxygen atoms in total. The molecule has 0 heterocycles. The molecule has 2 rings (SSSR count). The van der Waals surface area contributed by atoms with E-state index in [9.17, 15) is 0 Å². The molecule has 0 saturated heterocycles. The standard InChI is InChI=1S/C13H10.Ti/c1-3-7-12(8-4-1)11-13-9-5-2-6-10-13;/h1-10H;. The third kappa shape index (κ3) is 2.09. The van der Waals surface area contributed by atoms with Crippen LogP contribution in [0.1, 0.15) is 11.1 Å². The van der Waals surface area contributed by atoms with Gasteiger partial charge in [-0.1, -0.05) is 0 Å². The van der Waals surface area contributed by atoms with Crippen LogP contribution in [0.3, 0.4) is 0 Å². The quantitative estimate of drug-likeness (QED) is 0.674. The Morgan fingerprint density at radius 1 is 0.643 bits per heavy atom. The van der Waals surface area contributed by atoms with Crippen LogP contribution in [0.2, 0.25) is 0 Å². The average molecular weight is 214 g/mol. The minimum absolute atomic E-state index is 1.29. The van der Waals surface area contributed by atoms with Crippen LogP contribution < -0.4 is 0 Å². The molecule has 2 aromatic rings. The van der Waals surface area contributed by atoms with Crippen molar-refractivity contribution in [1.82, 2.24) is 0 Å². The van der Waals surface area contributed by atoms with E-state index in [0.29, 0.717) is 0 Å². The predicted molar refractivity (Wildman–Crippen MR) is 56.1 cm³/mol. The third-order valence-electron chi connectivity index (χ3n) is 2.12. The minimum atomic E-state index is 1.29. The van der Waals surface area contributed by atoms with E-state index in [1.807, 2.05) is 12.1 Å². The second-order valence-corrected chi connectivity index (χ2v) is 3.89. The van der Waals surface area contributed by atoms with Crippen LogP contribution in [0.5, 0.6) is 0 Å². The predicted octanol–water partition coefficient (Wildman–Crippen LogP) is 2.80. The van der Waals surface area contributed by atoms with Crippen LogP contribution in [0.15, 0.2) is 60.7 Å². The summed E-state index contributed by atoms with van der Waals surface area (Å²) in [6, 6.07) is 20.9. The molecule has 0 atom stereocenters. The van der Waals surface area contributed by atoms with E-state index >= 15 is 0 Å². The zero-order valence-electron chi connectivity index (χ0n) is 7.77. The van der Waals surface area contributed by atoms with Gasteiger partial charge in [-0.15, -0.1) is 0 Å². The van der Waals surface area contributed by atoms with Gasteiger partial charge in [0.25, 0.3) is 0 Å². The molecule has 14 heavy (non-hydrogen) atoms. The van der Waals surface area contributed by atoms with E-state index < -0.39 is 0 Å². The van der Waals surface area contributed by atoms with E-state index in [0.717, 1.165) is 0 Å². The Labute approximate surface area is 95.5 Å². The van der Waals surface area contributed by atoms with Crippen molar-refractivity contribution in [2.45, 2.75) is 0 Å². The molecule has 0 fully saturated rings. The molecule has 0 amide bonds. The first-order valence-electron chi connectivity index (χ1n) is 4.57. The van der Waals surface area contributed by atoms with Gasteiger partial charge in [-0.05, 0) is 0 Å². The summed E-state index contributed by atoms with van der Waals surface area (Å²) in [5.74, 6) is 0. The van der Waals surface area contributed by atoms with E-state index in [4.69, 9.17) is 0 Å². The maximum absolute atomic E-state index is 2.16. The molecule has 0 saturated carbocycles. The van der Waals surface area contributed by atoms with Gasteiger partial charge in [0.2, 0.25) is 0 Å². The van der Waals surface area contributed by atoms with Crippen LogP contribution in [-0.2, 0) is 20.0 Å². The van der Waals surface area contributed by atoms with Crippen molar-refractivity contribution >= 4 is 3.81 Å². The van der Waals surface area contributed by atoms with Crippen LogP contribution in [0, 0.1) is 0 Å². The molecule has 0 radical (unpaired) electrons. The first kappa shape index (κ1) is 9.57. The molecule has 66 valence electrons. The summed E-state index contributed by atoms with van der Waals surface area (Å²) >= 11 is 2.16. The average Bonchev–Trinajstić information content (AvgIpc) is 2.30. The molecule has 0 aromatic heterocycles. The summed E-state index contributed by atoms with van der Waals surface area (Å²) in [6.45, 7) is 0. The summed E-state index contributed by atoms with van der Waals surface area (Å²) in [6.07, 6.45) is 0. The zero-order valence-corrected chi connectivity index (χ0v) is 9.34. The van der Waals surface area contributed by atoms with E-state index in [-0.39, 0.29) is 0 Å². The van der Waals surface area contributed by atoms with Crippen molar-refractivity contribution in [2.24, 2.45) is 0 Å². The Morgan fingerprint density at radius 2 is 1.00 bits per heavy atom. The SMILES string of the molecule is [Ti]=[C](c1ccccc1)c1ccccc1. The molecule has 2 aromatic carbocycles. The maximum atomic E-state index is 2.16. The molecule has 0 spiro atoms. The first-order valence-corrected chi connectivity index (χ1v) is 5.35. The van der Waals surface area contributed by atoms with E-state index in [1.54, 1.807) is 0 Å². The van der Waals surface area contributed by atoms with Crippen LogP contribution in [0.4, 0.5) is 0 Å². The van der Waals surface area contributed by atoms with Gasteiger partial charge in [0.15, 0.2) is 0 Å². The zero-order chi connectivity index (χ0) is 9.80. The van der Waals surface area contributed by atoms with Gasteiger partial charge in [-0.3, -0.25) is 0 Å². The van der Waals surface area contributed by atoms with Crippen molar-refractivity contribution in [3.63, 3.8) is 0 Å². The third-order valence-corrected chi connectivity index (χ3v) is 3.03. The Balaban J connectivity index is 2.35. The molecule has 0 N–H and O–H groups in total. The molecule has 0 unspecified atom stereocenters. The molecule has 0 aliphatic rings. The van der Waals surface area contributed by atoms with Crippen molar-refractivity contribution in [3.05, 3.63) is 71.8 Å². The summed E-state index contributed by atoms with van der Waals surface area (Å²) in [7, 11) is 0. The topological polar surface area (TPSA) is 0 Å². The van der Waals surface area contributed by atoms with Gasteiger partial charge in [0, 0.05) is 0 Å². The van der Waals surface area contributed by atoms with Crippen LogP contribution >= 0.6 is 0 Å². The number of hydrogen-bond acceptors (Lipinski definition) is 0. The van der Waals surface area contributed by atoms with Crippen molar-refractivity contribution in [1.29, 1.82) is 0 Å². The van der Waals surface area contributed by atoms with Crippen LogP contribution in [-0.4, -0.2) is 3.81 Å². The Kier molecular flexibility index (Phi) is 3.08. The first-order chi connectivity index (χ1) is 6.88. The molecular formula is C13H10Ti. The molecule has 0 aliphatic carbocycles. The summed E-state index contributed by atoms with van der Waals surface area (Å²) < 4.78 is 1.33. The normalized spacial score (nSPS) is 9.64. The molecule has 0 aliphatic heterocycles. The summed E-state index contributed by atoms with van der Waals surface area (Å²) in [5, 5.41) is 0. The van der Waals surface area contributed by atoms with Crippen molar-refractivity contribution in [3.8, 4) is 0 Å². The Hall–Kier alpha value is -0.976. The fraction of sp³-hybridized carbons (Fsp3) is 0. The van der Waals surface area contributed by atoms with Crippen LogP contribution in [0.25, 0.3) is 0 Å². The number of rotatable bonds is 2. The van der Waals surface area contributed by atoms with Crippen molar-refractivity contribution < 1.29 is 20.0 Å². The Morgan fingerprint density at radius 3 is 1.36 bits per heavy atom. The molecule has 0 bridgehead atoms. The van der Waals surface area contributed by atoms with Crippen molar-refractivity contribution in [2.75, 3.05) is 0 Å². The van der Waals surface area contributed by atoms with Gasteiger partial charge in [-0.2, -0.15) is 0 Å². The molecular weight excluding hydrogens is 204 g/mol. The van der Waals surface area contributed by atoms with Gasteiger partial charge in [-0.25, -0.2) is 0 Å². The number of hydrogen-bond donors (Lipinski definition) is 0. The second kappa shape index (κ2) is 4.50. The fourth-order valence-electron chi connectivity index (χ4n) is 1.38.